The standard InChI is InChI=1S/C16H17FN2O3S/c17-13-9-5-4-8-12(13)15-18-19-16(22-15)23-10-14(20)21-11-6-2-1-3-7-11/h4-5,8-9,11H,1-3,6-7,10H2. The maximum absolute atomic E-state index is 13.7. The molecule has 0 unspecified atom stereocenters. The molecule has 122 valence electrons. The summed E-state index contributed by atoms with van der Waals surface area (Å²) in [6, 6.07) is 6.17. The summed E-state index contributed by atoms with van der Waals surface area (Å²) in [5.41, 5.74) is 0.247. The van der Waals surface area contributed by atoms with Crippen LogP contribution in [0, 0.1) is 5.82 Å². The van der Waals surface area contributed by atoms with Gasteiger partial charge in [0, 0.05) is 0 Å². The van der Waals surface area contributed by atoms with Crippen LogP contribution in [-0.4, -0.2) is 28.0 Å². The van der Waals surface area contributed by atoms with Crippen molar-refractivity contribution in [1.82, 2.24) is 10.2 Å². The summed E-state index contributed by atoms with van der Waals surface area (Å²) in [5.74, 6) is -0.502. The van der Waals surface area contributed by atoms with Crippen LogP contribution in [0.25, 0.3) is 11.5 Å². The number of halogens is 1. The van der Waals surface area contributed by atoms with E-state index in [1.807, 2.05) is 0 Å². The number of benzene rings is 1. The Kier molecular flexibility index (Phi) is 5.27. The fourth-order valence-corrected chi connectivity index (χ4v) is 3.08. The number of rotatable bonds is 5. The molecule has 0 radical (unpaired) electrons. The largest absolute Gasteiger partial charge is 0.462 e. The molecule has 0 N–H and O–H groups in total. The Balaban J connectivity index is 1.53. The number of carbonyl (C=O) groups is 1. The van der Waals surface area contributed by atoms with Crippen molar-refractivity contribution in [1.29, 1.82) is 0 Å². The molecule has 2 aromatic rings. The van der Waals surface area contributed by atoms with Gasteiger partial charge in [-0.2, -0.15) is 0 Å². The predicted octanol–water partition coefficient (Wildman–Crippen LogP) is 3.84. The highest BCUT2D eigenvalue weighted by Crippen LogP contribution is 2.26. The third kappa shape index (κ3) is 4.31. The zero-order valence-corrected chi connectivity index (χ0v) is 13.4. The molecule has 0 saturated heterocycles. The average Bonchev–Trinajstić information content (AvgIpc) is 3.03. The van der Waals surface area contributed by atoms with E-state index in [2.05, 4.69) is 10.2 Å². The lowest BCUT2D eigenvalue weighted by Crippen LogP contribution is -2.21. The molecule has 0 atom stereocenters. The Labute approximate surface area is 137 Å². The number of carbonyl (C=O) groups excluding carboxylic acids is 1. The summed E-state index contributed by atoms with van der Waals surface area (Å²) in [5, 5.41) is 7.86. The van der Waals surface area contributed by atoms with Crippen LogP contribution >= 0.6 is 11.8 Å². The minimum absolute atomic E-state index is 0.0357. The average molecular weight is 336 g/mol. The number of ether oxygens (including phenoxy) is 1. The Morgan fingerprint density at radius 3 is 2.83 bits per heavy atom. The lowest BCUT2D eigenvalue weighted by molar-refractivity contribution is -0.147. The first-order chi connectivity index (χ1) is 11.2. The Morgan fingerprint density at radius 2 is 2.04 bits per heavy atom. The lowest BCUT2D eigenvalue weighted by Gasteiger charge is -2.21. The van der Waals surface area contributed by atoms with Crippen LogP contribution in [0.4, 0.5) is 4.39 Å². The van der Waals surface area contributed by atoms with E-state index >= 15 is 0 Å². The molecule has 0 bridgehead atoms. The smallest absolute Gasteiger partial charge is 0.316 e. The molecular formula is C16H17FN2O3S. The maximum Gasteiger partial charge on any atom is 0.316 e. The second-order valence-electron chi connectivity index (χ2n) is 5.39. The van der Waals surface area contributed by atoms with Crippen molar-refractivity contribution in [3.8, 4) is 11.5 Å². The van der Waals surface area contributed by atoms with Crippen molar-refractivity contribution in [2.24, 2.45) is 0 Å². The summed E-state index contributed by atoms with van der Waals surface area (Å²) in [6.45, 7) is 0. The van der Waals surface area contributed by atoms with Crippen molar-refractivity contribution in [3.63, 3.8) is 0 Å². The molecule has 23 heavy (non-hydrogen) atoms. The quantitative estimate of drug-likeness (QED) is 0.610. The topological polar surface area (TPSA) is 65.2 Å². The third-order valence-corrected chi connectivity index (χ3v) is 4.47. The number of nitrogens with zero attached hydrogens (tertiary/aromatic N) is 2. The summed E-state index contributed by atoms with van der Waals surface area (Å²) in [4.78, 5) is 11.8. The van der Waals surface area contributed by atoms with Crippen molar-refractivity contribution < 1.29 is 18.3 Å². The van der Waals surface area contributed by atoms with Gasteiger partial charge in [0.25, 0.3) is 11.1 Å². The van der Waals surface area contributed by atoms with Gasteiger partial charge < -0.3 is 9.15 Å². The first-order valence-electron chi connectivity index (χ1n) is 7.63. The monoisotopic (exact) mass is 336 g/mol. The fourth-order valence-electron chi connectivity index (χ4n) is 2.54. The molecule has 7 heteroatoms. The molecule has 1 aliphatic carbocycles. The molecule has 0 amide bonds. The molecular weight excluding hydrogens is 319 g/mol. The molecule has 1 aliphatic rings. The van der Waals surface area contributed by atoms with E-state index in [9.17, 15) is 9.18 Å². The molecule has 5 nitrogen and oxygen atoms in total. The Hall–Kier alpha value is -1.89. The maximum atomic E-state index is 13.7. The van der Waals surface area contributed by atoms with Crippen LogP contribution in [-0.2, 0) is 9.53 Å². The van der Waals surface area contributed by atoms with Gasteiger partial charge in [0.15, 0.2) is 0 Å². The van der Waals surface area contributed by atoms with Crippen LogP contribution in [0.1, 0.15) is 32.1 Å². The summed E-state index contributed by atoms with van der Waals surface area (Å²) >= 11 is 1.10. The van der Waals surface area contributed by atoms with Crippen LogP contribution in [0.15, 0.2) is 33.9 Å². The number of esters is 1. The second-order valence-corrected chi connectivity index (χ2v) is 6.32. The van der Waals surface area contributed by atoms with Crippen LogP contribution < -0.4 is 0 Å². The zero-order chi connectivity index (χ0) is 16.1. The SMILES string of the molecule is O=C(CSc1nnc(-c2ccccc2F)o1)OC1CCCCC1. The van der Waals surface area contributed by atoms with Gasteiger partial charge >= 0.3 is 5.97 Å². The summed E-state index contributed by atoms with van der Waals surface area (Å²) in [6.07, 6.45) is 5.35. The minimum atomic E-state index is -0.426. The Morgan fingerprint density at radius 1 is 1.26 bits per heavy atom. The van der Waals surface area contributed by atoms with Gasteiger partial charge in [0.1, 0.15) is 17.7 Å². The summed E-state index contributed by atoms with van der Waals surface area (Å²) in [7, 11) is 0. The van der Waals surface area contributed by atoms with Crippen molar-refractivity contribution >= 4 is 17.7 Å². The molecule has 0 aliphatic heterocycles. The zero-order valence-electron chi connectivity index (χ0n) is 12.5. The van der Waals surface area contributed by atoms with E-state index in [-0.39, 0.29) is 34.5 Å². The van der Waals surface area contributed by atoms with E-state index in [0.717, 1.165) is 37.4 Å². The number of hydrogen-bond donors (Lipinski definition) is 0. The van der Waals surface area contributed by atoms with E-state index in [0.29, 0.717) is 0 Å². The first kappa shape index (κ1) is 16.0. The number of thioether (sulfide) groups is 1. The molecule has 1 aromatic carbocycles. The van der Waals surface area contributed by atoms with Gasteiger partial charge in [-0.1, -0.05) is 30.3 Å². The molecule has 0 spiro atoms. The lowest BCUT2D eigenvalue weighted by atomic mass is 9.98. The molecule has 1 saturated carbocycles. The molecule has 1 heterocycles. The van der Waals surface area contributed by atoms with Crippen LogP contribution in [0.5, 0.6) is 0 Å². The third-order valence-electron chi connectivity index (χ3n) is 3.67. The highest BCUT2D eigenvalue weighted by atomic mass is 32.2. The van der Waals surface area contributed by atoms with Gasteiger partial charge in [-0.05, 0) is 37.8 Å². The number of hydrogen-bond acceptors (Lipinski definition) is 6. The highest BCUT2D eigenvalue weighted by Gasteiger charge is 2.19. The molecule has 1 aromatic heterocycles. The normalized spacial score (nSPS) is 15.5. The highest BCUT2D eigenvalue weighted by molar-refractivity contribution is 7.99. The van der Waals surface area contributed by atoms with Gasteiger partial charge in [0.2, 0.25) is 0 Å². The van der Waals surface area contributed by atoms with Crippen molar-refractivity contribution in [2.45, 2.75) is 43.4 Å². The minimum Gasteiger partial charge on any atom is -0.462 e. The molecule has 1 fully saturated rings. The van der Waals surface area contributed by atoms with Gasteiger partial charge in [-0.25, -0.2) is 4.39 Å². The fraction of sp³-hybridized carbons (Fsp3) is 0.438. The predicted molar refractivity (Wildman–Crippen MR) is 83.4 cm³/mol. The van der Waals surface area contributed by atoms with E-state index < -0.39 is 5.82 Å². The number of aromatic nitrogens is 2. The second kappa shape index (κ2) is 7.59. The molecule has 3 rings (SSSR count). The first-order valence-corrected chi connectivity index (χ1v) is 8.61. The summed E-state index contributed by atoms with van der Waals surface area (Å²) < 4.78 is 24.4. The van der Waals surface area contributed by atoms with Crippen LogP contribution in [0.3, 0.4) is 0 Å². The van der Waals surface area contributed by atoms with Gasteiger partial charge in [-0.15, -0.1) is 10.2 Å². The van der Waals surface area contributed by atoms with E-state index in [4.69, 9.17) is 9.15 Å². The van der Waals surface area contributed by atoms with Crippen LogP contribution in [0.2, 0.25) is 0 Å². The van der Waals surface area contributed by atoms with E-state index in [1.165, 1.54) is 12.5 Å². The Bertz CT molecular complexity index is 671. The van der Waals surface area contributed by atoms with E-state index in [1.54, 1.807) is 18.2 Å². The van der Waals surface area contributed by atoms with Gasteiger partial charge in [0.05, 0.1) is 5.56 Å². The van der Waals surface area contributed by atoms with Crippen molar-refractivity contribution in [3.05, 3.63) is 30.1 Å². The van der Waals surface area contributed by atoms with Gasteiger partial charge in [-0.3, -0.25) is 4.79 Å². The van der Waals surface area contributed by atoms with Crippen molar-refractivity contribution in [2.75, 3.05) is 5.75 Å².